The Morgan fingerprint density at radius 1 is 0.522 bits per heavy atom. The lowest BCUT2D eigenvalue weighted by atomic mass is 11.0. The molecule has 23 heavy (non-hydrogen) atoms. The van der Waals surface area contributed by atoms with Gasteiger partial charge in [0.2, 0.25) is 0 Å². The molecule has 0 saturated carbocycles. The molecule has 3 nitrogen and oxygen atoms in total. The summed E-state index contributed by atoms with van der Waals surface area (Å²) in [4.78, 5) is 0. The highest BCUT2D eigenvalue weighted by Gasteiger charge is 2.79. The Morgan fingerprint density at radius 3 is 0.783 bits per heavy atom. The average Bonchev–Trinajstić information content (AvgIpc) is 2.05. The Morgan fingerprint density at radius 2 is 0.696 bits per heavy atom. The van der Waals surface area contributed by atoms with Crippen molar-refractivity contribution in [3.05, 3.63) is 0 Å². The molecule has 0 heterocycles. The zero-order valence-electron chi connectivity index (χ0n) is 10.8. The normalized spacial score (nSPS) is 15.9. The molecule has 0 N–H and O–H groups in total. The molecule has 0 saturated heterocycles. The maximum absolute atomic E-state index is 14.3. The molecule has 0 spiro atoms. The molecule has 17 heteroatoms. The van der Waals surface area contributed by atoms with Gasteiger partial charge in [0.15, 0.2) is 0 Å². The smallest absolute Gasteiger partial charge is 0.278 e. The number of hydrogen-bond donors (Lipinski definition) is 0. The number of rotatable bonds is 3. The summed E-state index contributed by atoms with van der Waals surface area (Å²) in [5.41, 5.74) is 0. The minimum Gasteiger partial charge on any atom is -0.278 e. The van der Waals surface area contributed by atoms with Gasteiger partial charge in [-0.15, -0.1) is 0 Å². The van der Waals surface area contributed by atoms with E-state index in [1.54, 1.807) is 0 Å². The molecule has 0 atom stereocenters. The Labute approximate surface area is 120 Å². The van der Waals surface area contributed by atoms with Crippen molar-refractivity contribution in [2.24, 2.45) is 0 Å². The van der Waals surface area contributed by atoms with Crippen molar-refractivity contribution >= 4 is 8.89 Å². The molecule has 0 bridgehead atoms. The predicted octanol–water partition coefficient (Wildman–Crippen LogP) is 3.64. The summed E-state index contributed by atoms with van der Waals surface area (Å²) in [5, 5.41) is 0. The van der Waals surface area contributed by atoms with Gasteiger partial charge in [-0.2, -0.15) is 52.7 Å². The van der Waals surface area contributed by atoms with E-state index in [0.717, 1.165) is 0 Å². The van der Waals surface area contributed by atoms with E-state index in [9.17, 15) is 56.8 Å². The van der Waals surface area contributed by atoms with Crippen molar-refractivity contribution in [3.63, 3.8) is 0 Å². The van der Waals surface area contributed by atoms with Gasteiger partial charge in [0.05, 0.1) is 0 Å². The molecule has 0 unspecified atom stereocenters. The van der Waals surface area contributed by atoms with E-state index in [2.05, 4.69) is 0 Å². The number of hydrogen-bond acceptors (Lipinski definition) is 3. The molecule has 0 aromatic rings. The van der Waals surface area contributed by atoms with Gasteiger partial charge in [0.25, 0.3) is 0 Å². The van der Waals surface area contributed by atoms with Gasteiger partial charge >= 0.3 is 34.1 Å². The molecule has 0 fully saturated rings. The molecule has 140 valence electrons. The summed E-state index contributed by atoms with van der Waals surface area (Å²) < 4.78 is 156. The van der Waals surface area contributed by atoms with Crippen LogP contribution in [0, 0.1) is 0 Å². The Bertz CT molecular complexity index is 346. The van der Waals surface area contributed by atoms with Crippen LogP contribution in [0.2, 0.25) is 0 Å². The fraction of sp³-hybridized carbons (Fsp3) is 1.00. The van der Waals surface area contributed by atoms with Crippen LogP contribution < -0.4 is 0 Å². The van der Waals surface area contributed by atoms with Gasteiger partial charge in [0.1, 0.15) is 0 Å². The second-order valence-corrected chi connectivity index (χ2v) is 6.89. The summed E-state index contributed by atoms with van der Waals surface area (Å²) in [6.07, 6.45) is -27.6. The maximum Gasteiger partial charge on any atom is 0.516 e. The van der Waals surface area contributed by atoms with Crippen LogP contribution in [-0.2, 0) is 0 Å². The van der Waals surface area contributed by atoms with Gasteiger partial charge < -0.3 is 0 Å². The first-order valence-electron chi connectivity index (χ1n) is 4.92. The highest BCUT2D eigenvalue weighted by Crippen LogP contribution is 2.47. The summed E-state index contributed by atoms with van der Waals surface area (Å²) in [6, 6.07) is 0. The number of halogens is 13. The SMILES string of the molecule is CN(C)[Si](F)(N(C(F)(F)F)C(F)(F)F)N(C(F)(F)F)C(F)(F)F. The fourth-order valence-corrected chi connectivity index (χ4v) is 3.72. The van der Waals surface area contributed by atoms with Crippen molar-refractivity contribution in [1.82, 2.24) is 13.7 Å². The third-order valence-electron chi connectivity index (χ3n) is 2.15. The molecule has 0 amide bonds. The molecule has 0 aliphatic carbocycles. The van der Waals surface area contributed by atoms with Gasteiger partial charge in [-0.25, -0.2) is 0 Å². The quantitative estimate of drug-likeness (QED) is 0.313. The van der Waals surface area contributed by atoms with Crippen LogP contribution in [0.1, 0.15) is 0 Å². The first kappa shape index (κ1) is 22.2. The third kappa shape index (κ3) is 4.60. The lowest BCUT2D eigenvalue weighted by Gasteiger charge is -2.45. The molecule has 0 radical (unpaired) electrons. The van der Waals surface area contributed by atoms with Gasteiger partial charge in [-0.05, 0) is 14.1 Å². The van der Waals surface area contributed by atoms with E-state index in [1.807, 2.05) is 0 Å². The van der Waals surface area contributed by atoms with Crippen LogP contribution >= 0.6 is 0 Å². The van der Waals surface area contributed by atoms with Crippen LogP contribution in [0.3, 0.4) is 0 Å². The van der Waals surface area contributed by atoms with Gasteiger partial charge in [-0.3, -0.25) is 8.67 Å². The first-order chi connectivity index (χ1) is 9.68. The zero-order valence-corrected chi connectivity index (χ0v) is 11.8. The molecule has 0 rings (SSSR count). The maximum atomic E-state index is 14.3. The number of nitrogens with zero attached hydrogens (tertiary/aromatic N) is 3. The minimum absolute atomic E-state index is 0.110. The van der Waals surface area contributed by atoms with Crippen LogP contribution in [0.25, 0.3) is 0 Å². The number of alkyl halides is 12. The summed E-state index contributed by atoms with van der Waals surface area (Å²) >= 11 is 0. The predicted molar refractivity (Wildman–Crippen MR) is 48.4 cm³/mol. The molecule has 0 aromatic carbocycles. The zero-order chi connectivity index (χ0) is 19.2. The van der Waals surface area contributed by atoms with E-state index < -0.39 is 47.8 Å². The van der Waals surface area contributed by atoms with Crippen LogP contribution in [-0.4, -0.2) is 61.9 Å². The monoisotopic (exact) mass is 395 g/mol. The summed E-state index contributed by atoms with van der Waals surface area (Å²) in [6.45, 7) is 0. The second kappa shape index (κ2) is 5.92. The lowest BCUT2D eigenvalue weighted by molar-refractivity contribution is -0.380. The van der Waals surface area contributed by atoms with Crippen molar-refractivity contribution in [2.45, 2.75) is 25.2 Å². The Hall–Kier alpha value is -0.813. The molecule has 0 aliphatic heterocycles. The van der Waals surface area contributed by atoms with Crippen LogP contribution in [0.4, 0.5) is 56.8 Å². The fourth-order valence-electron chi connectivity index (χ4n) is 1.43. The van der Waals surface area contributed by atoms with Gasteiger partial charge in [-0.1, -0.05) is 9.13 Å². The van der Waals surface area contributed by atoms with Crippen molar-refractivity contribution in [3.8, 4) is 0 Å². The average molecular weight is 395 g/mol. The summed E-state index contributed by atoms with van der Waals surface area (Å²) in [7, 11) is -8.35. The highest BCUT2D eigenvalue weighted by atomic mass is 28.4. The van der Waals surface area contributed by atoms with Crippen molar-refractivity contribution in [2.75, 3.05) is 14.1 Å². The molecular weight excluding hydrogens is 389 g/mol. The molecular formula is C6H6F13N3Si. The van der Waals surface area contributed by atoms with Crippen molar-refractivity contribution in [1.29, 1.82) is 0 Å². The standard InChI is InChI=1S/C6H6F13N3Si/c1-20(2)23(19,21(3(7,8)9)4(10,11)12)22(5(13,14)15)6(16,17)18/h1-2H3. The van der Waals surface area contributed by atoms with E-state index in [4.69, 9.17) is 0 Å². The van der Waals surface area contributed by atoms with E-state index >= 15 is 0 Å². The highest BCUT2D eigenvalue weighted by molar-refractivity contribution is 6.65. The Balaban J connectivity index is 6.69. The summed E-state index contributed by atoms with van der Waals surface area (Å²) in [5.74, 6) is 0. The molecule has 0 aromatic heterocycles. The van der Waals surface area contributed by atoms with E-state index in [0.29, 0.717) is 0 Å². The van der Waals surface area contributed by atoms with Crippen LogP contribution in [0.5, 0.6) is 0 Å². The van der Waals surface area contributed by atoms with Crippen molar-refractivity contribution < 1.29 is 56.8 Å². The molecule has 0 aliphatic rings. The van der Waals surface area contributed by atoms with Crippen LogP contribution in [0.15, 0.2) is 0 Å². The topological polar surface area (TPSA) is 9.72 Å². The van der Waals surface area contributed by atoms with Gasteiger partial charge in [0, 0.05) is 0 Å². The second-order valence-electron chi connectivity index (χ2n) is 3.99. The van der Waals surface area contributed by atoms with E-state index in [1.165, 1.54) is 0 Å². The first-order valence-corrected chi connectivity index (χ1v) is 6.64. The Kier molecular flexibility index (Phi) is 5.71. The minimum atomic E-state index is -8.13. The largest absolute Gasteiger partial charge is 0.516 e. The third-order valence-corrected chi connectivity index (χ3v) is 5.44. The van der Waals surface area contributed by atoms with E-state index in [-0.39, 0.29) is 14.1 Å². The lowest BCUT2D eigenvalue weighted by Crippen LogP contribution is -2.81.